The number of carbonyl (C=O) groups is 2. The van der Waals surface area contributed by atoms with Crippen molar-refractivity contribution in [3.63, 3.8) is 0 Å². The molecule has 8 heteroatoms. The van der Waals surface area contributed by atoms with Crippen LogP contribution in [0, 0.1) is 18.3 Å². The van der Waals surface area contributed by atoms with Crippen LogP contribution in [0.5, 0.6) is 11.5 Å². The van der Waals surface area contributed by atoms with Gasteiger partial charge in [0.05, 0.1) is 17.7 Å². The molecular weight excluding hydrogens is 422 g/mol. The van der Waals surface area contributed by atoms with E-state index in [2.05, 4.69) is 5.32 Å². The van der Waals surface area contributed by atoms with Crippen molar-refractivity contribution in [2.75, 3.05) is 7.11 Å². The van der Waals surface area contributed by atoms with Gasteiger partial charge in [-0.1, -0.05) is 11.6 Å². The zero-order valence-corrected chi connectivity index (χ0v) is 19.6. The fraction of sp³-hybridized carbons (Fsp3) is 0.652. The number of hydrogen-bond donors (Lipinski definition) is 1. The first-order valence-electron chi connectivity index (χ1n) is 10.6. The molecule has 1 unspecified atom stereocenters. The average molecular weight is 452 g/mol. The highest BCUT2D eigenvalue weighted by atomic mass is 35.5. The van der Waals surface area contributed by atoms with Crippen molar-refractivity contribution in [2.45, 2.75) is 77.7 Å². The molecule has 1 heterocycles. The molecule has 1 spiro atoms. The Hall–Kier alpha value is -2.15. The standard InChI is InChI=1S/C23H30ClNO6/c1-12-15(19(26)28-6)7-16(24)18-17(12)29-22(5,30-18)13-8-23(9-13)10-14(11-23)25-20(27)31-21(2,3)4/h7,13-14H,8-11H2,1-6H3,(H,25,27). The fourth-order valence-electron chi connectivity index (χ4n) is 5.09. The summed E-state index contributed by atoms with van der Waals surface area (Å²) in [5.41, 5.74) is 0.750. The van der Waals surface area contributed by atoms with Crippen LogP contribution in [0.3, 0.4) is 0 Å². The summed E-state index contributed by atoms with van der Waals surface area (Å²) in [6, 6.07) is 1.71. The first-order valence-corrected chi connectivity index (χ1v) is 11.0. The van der Waals surface area contributed by atoms with Gasteiger partial charge in [-0.2, -0.15) is 0 Å². The molecule has 0 radical (unpaired) electrons. The summed E-state index contributed by atoms with van der Waals surface area (Å²) in [5.74, 6) is -0.109. The van der Waals surface area contributed by atoms with Crippen LogP contribution in [-0.4, -0.2) is 36.6 Å². The van der Waals surface area contributed by atoms with Crippen molar-refractivity contribution in [2.24, 2.45) is 11.3 Å². The van der Waals surface area contributed by atoms with E-state index in [4.69, 9.17) is 30.5 Å². The maximum atomic E-state index is 12.0. The molecule has 7 nitrogen and oxygen atoms in total. The quantitative estimate of drug-likeness (QED) is 0.650. The van der Waals surface area contributed by atoms with Crippen LogP contribution in [-0.2, 0) is 9.47 Å². The van der Waals surface area contributed by atoms with E-state index >= 15 is 0 Å². The highest BCUT2D eigenvalue weighted by Crippen LogP contribution is 2.63. The number of halogens is 1. The molecular formula is C23H30ClNO6. The van der Waals surface area contributed by atoms with Crippen molar-refractivity contribution < 1.29 is 28.5 Å². The number of methoxy groups -OCH3 is 1. The predicted molar refractivity (Wildman–Crippen MR) is 115 cm³/mol. The minimum absolute atomic E-state index is 0.144. The molecule has 1 N–H and O–H groups in total. The van der Waals surface area contributed by atoms with E-state index in [0.717, 1.165) is 25.7 Å². The average Bonchev–Trinajstić information content (AvgIpc) is 2.96. The van der Waals surface area contributed by atoms with E-state index in [-0.39, 0.29) is 23.5 Å². The second-order valence-electron chi connectivity index (χ2n) is 10.3. The number of nitrogens with one attached hydrogen (secondary N) is 1. The lowest BCUT2D eigenvalue weighted by Crippen LogP contribution is -2.61. The smallest absolute Gasteiger partial charge is 0.407 e. The van der Waals surface area contributed by atoms with Gasteiger partial charge in [-0.25, -0.2) is 9.59 Å². The topological polar surface area (TPSA) is 83.1 Å². The van der Waals surface area contributed by atoms with Gasteiger partial charge in [0.1, 0.15) is 5.60 Å². The number of fused-ring (bicyclic) bond motifs is 1. The minimum atomic E-state index is -0.833. The molecule has 3 aliphatic rings. The number of ether oxygens (including phenoxy) is 4. The fourth-order valence-corrected chi connectivity index (χ4v) is 5.32. The Morgan fingerprint density at radius 1 is 1.16 bits per heavy atom. The Labute approximate surface area is 187 Å². The lowest BCUT2D eigenvalue weighted by atomic mass is 9.48. The van der Waals surface area contributed by atoms with Crippen LogP contribution in [0.1, 0.15) is 69.3 Å². The lowest BCUT2D eigenvalue weighted by Gasteiger charge is -2.59. The molecule has 4 rings (SSSR count). The Kier molecular flexibility index (Phi) is 5.11. The van der Waals surface area contributed by atoms with Crippen LogP contribution in [0.15, 0.2) is 6.07 Å². The van der Waals surface area contributed by atoms with Crippen molar-refractivity contribution >= 4 is 23.7 Å². The van der Waals surface area contributed by atoms with Crippen molar-refractivity contribution in [1.82, 2.24) is 5.32 Å². The molecule has 2 aliphatic carbocycles. The molecule has 1 amide bonds. The molecule has 2 saturated carbocycles. The van der Waals surface area contributed by atoms with Gasteiger partial charge in [0.25, 0.3) is 5.79 Å². The molecule has 170 valence electrons. The first kappa shape index (κ1) is 22.1. The van der Waals surface area contributed by atoms with Crippen molar-refractivity contribution in [3.05, 3.63) is 22.2 Å². The monoisotopic (exact) mass is 451 g/mol. The summed E-state index contributed by atoms with van der Waals surface area (Å²) in [6.45, 7) is 9.29. The summed E-state index contributed by atoms with van der Waals surface area (Å²) in [5, 5.41) is 3.29. The number of hydrogen-bond acceptors (Lipinski definition) is 6. The third-order valence-corrected chi connectivity index (χ3v) is 6.91. The van der Waals surface area contributed by atoms with Gasteiger partial charge >= 0.3 is 12.1 Å². The van der Waals surface area contributed by atoms with Gasteiger partial charge < -0.3 is 24.3 Å². The van der Waals surface area contributed by atoms with Gasteiger partial charge in [0.15, 0.2) is 11.5 Å². The van der Waals surface area contributed by atoms with Gasteiger partial charge in [0.2, 0.25) is 0 Å². The SMILES string of the molecule is COC(=O)c1cc(Cl)c2c(c1C)OC(C)(C1CC3(CC(NC(=O)OC(C)(C)C)C3)C1)O2. The summed E-state index contributed by atoms with van der Waals surface area (Å²) in [6.07, 6.45) is 3.39. The number of rotatable bonds is 3. The number of carbonyl (C=O) groups excluding carboxylic acids is 2. The molecule has 2 fully saturated rings. The molecule has 1 aromatic rings. The Morgan fingerprint density at radius 2 is 1.77 bits per heavy atom. The van der Waals surface area contributed by atoms with Gasteiger partial charge in [-0.15, -0.1) is 0 Å². The zero-order chi connectivity index (χ0) is 22.8. The number of esters is 1. The van der Waals surface area contributed by atoms with E-state index in [0.29, 0.717) is 27.6 Å². The minimum Gasteiger partial charge on any atom is -0.465 e. The van der Waals surface area contributed by atoms with Crippen molar-refractivity contribution in [3.8, 4) is 11.5 Å². The predicted octanol–water partition coefficient (Wildman–Crippen LogP) is 5.01. The van der Waals surface area contributed by atoms with E-state index < -0.39 is 17.4 Å². The Bertz CT molecular complexity index is 925. The molecule has 1 atom stereocenters. The second kappa shape index (κ2) is 7.19. The molecule has 0 aromatic heterocycles. The third-order valence-electron chi connectivity index (χ3n) is 6.63. The second-order valence-corrected chi connectivity index (χ2v) is 10.7. The maximum Gasteiger partial charge on any atom is 0.407 e. The Morgan fingerprint density at radius 3 is 2.35 bits per heavy atom. The maximum absolute atomic E-state index is 12.0. The van der Waals surface area contributed by atoms with Gasteiger partial charge in [-0.3, -0.25) is 0 Å². The van der Waals surface area contributed by atoms with Gasteiger partial charge in [-0.05, 0) is 64.9 Å². The summed E-state index contributed by atoms with van der Waals surface area (Å²) in [7, 11) is 1.34. The largest absolute Gasteiger partial charge is 0.465 e. The molecule has 0 bridgehead atoms. The van der Waals surface area contributed by atoms with Crippen LogP contribution in [0.4, 0.5) is 4.79 Å². The summed E-state index contributed by atoms with van der Waals surface area (Å²) in [4.78, 5) is 24.0. The van der Waals surface area contributed by atoms with E-state index in [1.807, 2.05) is 27.7 Å². The summed E-state index contributed by atoms with van der Waals surface area (Å²) < 4.78 is 22.6. The molecule has 0 saturated heterocycles. The number of alkyl carbamates (subject to hydrolysis) is 1. The molecule has 1 aromatic carbocycles. The Balaban J connectivity index is 1.36. The number of amides is 1. The summed E-state index contributed by atoms with van der Waals surface area (Å²) >= 11 is 6.38. The molecule has 1 aliphatic heterocycles. The first-order chi connectivity index (χ1) is 14.3. The normalized spacial score (nSPS) is 30.9. The number of benzene rings is 1. The zero-order valence-electron chi connectivity index (χ0n) is 18.9. The highest BCUT2D eigenvalue weighted by molar-refractivity contribution is 6.32. The van der Waals surface area contributed by atoms with E-state index in [1.165, 1.54) is 7.11 Å². The van der Waals surface area contributed by atoms with Crippen LogP contribution >= 0.6 is 11.6 Å². The van der Waals surface area contributed by atoms with E-state index in [1.54, 1.807) is 13.0 Å². The van der Waals surface area contributed by atoms with Gasteiger partial charge in [0, 0.05) is 24.4 Å². The van der Waals surface area contributed by atoms with Crippen LogP contribution < -0.4 is 14.8 Å². The van der Waals surface area contributed by atoms with Crippen LogP contribution in [0.25, 0.3) is 0 Å². The molecule has 31 heavy (non-hydrogen) atoms. The van der Waals surface area contributed by atoms with Crippen molar-refractivity contribution in [1.29, 1.82) is 0 Å². The lowest BCUT2D eigenvalue weighted by molar-refractivity contribution is -0.191. The highest BCUT2D eigenvalue weighted by Gasteiger charge is 2.61. The van der Waals surface area contributed by atoms with Crippen LogP contribution in [0.2, 0.25) is 5.02 Å². The third kappa shape index (κ3) is 3.93. The van der Waals surface area contributed by atoms with E-state index in [9.17, 15) is 9.59 Å².